The minimum atomic E-state index is 0.0649. The Balaban J connectivity index is 5.73. The Morgan fingerprint density at radius 3 is 1.29 bits per heavy atom. The van der Waals surface area contributed by atoms with Gasteiger partial charge in [0.25, 0.3) is 0 Å². The quantitative estimate of drug-likeness (QED) is 0.447. The lowest BCUT2D eigenvalue weighted by Gasteiger charge is -2.30. The fraction of sp³-hybridized carbons (Fsp3) is 0.842. The predicted octanol–water partition coefficient (Wildman–Crippen LogP) is 5.33. The Morgan fingerprint density at radius 1 is 0.714 bits per heavy atom. The highest BCUT2D eigenvalue weighted by molar-refractivity contribution is 5.97. The summed E-state index contributed by atoms with van der Waals surface area (Å²) in [6, 6.07) is 0. The maximum absolute atomic E-state index is 12.9. The molecule has 0 bridgehead atoms. The van der Waals surface area contributed by atoms with Gasteiger partial charge in [-0.1, -0.05) is 55.4 Å². The summed E-state index contributed by atoms with van der Waals surface area (Å²) in [5.41, 5.74) is 0.817. The van der Waals surface area contributed by atoms with Crippen LogP contribution < -0.4 is 0 Å². The summed E-state index contributed by atoms with van der Waals surface area (Å²) < 4.78 is 5.69. The van der Waals surface area contributed by atoms with E-state index in [0.29, 0.717) is 29.6 Å². The van der Waals surface area contributed by atoms with Crippen LogP contribution in [0.4, 0.5) is 0 Å². The third-order valence-electron chi connectivity index (χ3n) is 4.44. The first-order valence-corrected chi connectivity index (χ1v) is 8.35. The van der Waals surface area contributed by atoms with Crippen molar-refractivity contribution in [3.05, 3.63) is 11.3 Å². The first-order chi connectivity index (χ1) is 9.56. The SMILES string of the molecule is CO/C(=C(/C)C(=O)C(C(C)C)C(C)C)C(C(C)C)C(C)C. The van der Waals surface area contributed by atoms with Crippen LogP contribution in [-0.4, -0.2) is 12.9 Å². The van der Waals surface area contributed by atoms with Crippen molar-refractivity contribution in [1.29, 1.82) is 0 Å². The van der Waals surface area contributed by atoms with Crippen LogP contribution in [0.15, 0.2) is 11.3 Å². The van der Waals surface area contributed by atoms with Crippen LogP contribution >= 0.6 is 0 Å². The molecule has 0 saturated heterocycles. The van der Waals surface area contributed by atoms with Gasteiger partial charge in [0.15, 0.2) is 5.78 Å². The number of ether oxygens (including phenoxy) is 1. The van der Waals surface area contributed by atoms with Crippen molar-refractivity contribution in [1.82, 2.24) is 0 Å². The topological polar surface area (TPSA) is 26.3 Å². The van der Waals surface area contributed by atoms with Crippen LogP contribution in [0.3, 0.4) is 0 Å². The van der Waals surface area contributed by atoms with Crippen LogP contribution in [0, 0.1) is 35.5 Å². The van der Waals surface area contributed by atoms with Crippen molar-refractivity contribution in [2.75, 3.05) is 7.11 Å². The Morgan fingerprint density at radius 2 is 1.05 bits per heavy atom. The molecular weight excluding hydrogens is 260 g/mol. The van der Waals surface area contributed by atoms with Gasteiger partial charge in [-0.25, -0.2) is 0 Å². The van der Waals surface area contributed by atoms with E-state index in [-0.39, 0.29) is 11.7 Å². The molecule has 0 unspecified atom stereocenters. The first kappa shape index (κ1) is 20.2. The van der Waals surface area contributed by atoms with E-state index in [2.05, 4.69) is 55.4 Å². The van der Waals surface area contributed by atoms with Gasteiger partial charge in [0, 0.05) is 17.4 Å². The molecular formula is C19H36O2. The molecule has 0 saturated carbocycles. The van der Waals surface area contributed by atoms with Gasteiger partial charge in [-0.2, -0.15) is 0 Å². The van der Waals surface area contributed by atoms with Crippen molar-refractivity contribution in [2.24, 2.45) is 35.5 Å². The minimum absolute atomic E-state index is 0.0649. The highest BCUT2D eigenvalue weighted by atomic mass is 16.5. The monoisotopic (exact) mass is 296 g/mol. The van der Waals surface area contributed by atoms with Crippen molar-refractivity contribution in [3.8, 4) is 0 Å². The number of carbonyl (C=O) groups excluding carboxylic acids is 1. The molecule has 0 aromatic carbocycles. The highest BCUT2D eigenvalue weighted by Gasteiger charge is 2.32. The summed E-state index contributed by atoms with van der Waals surface area (Å²) in [5.74, 6) is 3.11. The molecule has 0 aliphatic heterocycles. The molecule has 0 fully saturated rings. The third-order valence-corrected chi connectivity index (χ3v) is 4.44. The molecule has 0 spiro atoms. The average Bonchev–Trinajstić information content (AvgIpc) is 2.32. The number of Topliss-reactive ketones (excluding diaryl/α,β-unsaturated/α-hetero) is 1. The third kappa shape index (κ3) is 5.16. The number of hydrogen-bond donors (Lipinski definition) is 0. The second kappa shape index (κ2) is 8.60. The van der Waals surface area contributed by atoms with E-state index < -0.39 is 0 Å². The van der Waals surface area contributed by atoms with E-state index in [0.717, 1.165) is 11.3 Å². The summed E-state index contributed by atoms with van der Waals surface area (Å²) in [5, 5.41) is 0. The smallest absolute Gasteiger partial charge is 0.165 e. The van der Waals surface area contributed by atoms with Gasteiger partial charge in [-0.05, 0) is 30.6 Å². The molecule has 0 rings (SSSR count). The largest absolute Gasteiger partial charge is 0.500 e. The first-order valence-electron chi connectivity index (χ1n) is 8.35. The lowest BCUT2D eigenvalue weighted by molar-refractivity contribution is -0.122. The molecule has 0 heterocycles. The molecule has 21 heavy (non-hydrogen) atoms. The minimum Gasteiger partial charge on any atom is -0.500 e. The van der Waals surface area contributed by atoms with Gasteiger partial charge in [-0.3, -0.25) is 4.79 Å². The van der Waals surface area contributed by atoms with Crippen LogP contribution in [0.5, 0.6) is 0 Å². The second-order valence-corrected chi connectivity index (χ2v) is 7.59. The molecule has 0 atom stereocenters. The van der Waals surface area contributed by atoms with Gasteiger partial charge in [0.1, 0.15) is 5.76 Å². The fourth-order valence-corrected chi connectivity index (χ4v) is 3.66. The average molecular weight is 296 g/mol. The summed E-state index contributed by atoms with van der Waals surface area (Å²) in [7, 11) is 1.70. The van der Waals surface area contributed by atoms with Crippen molar-refractivity contribution in [3.63, 3.8) is 0 Å². The fourth-order valence-electron chi connectivity index (χ4n) is 3.66. The normalized spacial score (nSPS) is 13.9. The molecule has 0 aromatic rings. The molecule has 2 nitrogen and oxygen atoms in total. The van der Waals surface area contributed by atoms with E-state index in [4.69, 9.17) is 4.74 Å². The van der Waals surface area contributed by atoms with E-state index in [1.165, 1.54) is 0 Å². The van der Waals surface area contributed by atoms with Crippen molar-refractivity contribution >= 4 is 5.78 Å². The standard InChI is InChI=1S/C19H36O2/c1-11(2)16(12(3)4)18(20)15(9)19(21-10)17(13(5)6)14(7)8/h11-14,16-17H,1-10H3/b19-15-. The number of methoxy groups -OCH3 is 1. The van der Waals surface area contributed by atoms with Gasteiger partial charge in [0.05, 0.1) is 7.11 Å². The number of hydrogen-bond acceptors (Lipinski definition) is 2. The van der Waals surface area contributed by atoms with Crippen molar-refractivity contribution in [2.45, 2.75) is 62.3 Å². The lowest BCUT2D eigenvalue weighted by Crippen LogP contribution is -2.29. The number of ketones is 1. The number of carbonyl (C=O) groups is 1. The molecule has 0 aromatic heterocycles. The molecule has 0 aliphatic carbocycles. The van der Waals surface area contributed by atoms with E-state index >= 15 is 0 Å². The maximum Gasteiger partial charge on any atom is 0.165 e. The lowest BCUT2D eigenvalue weighted by atomic mass is 9.77. The van der Waals surface area contributed by atoms with Gasteiger partial charge >= 0.3 is 0 Å². The Kier molecular flexibility index (Phi) is 8.28. The van der Waals surface area contributed by atoms with Crippen LogP contribution in [0.2, 0.25) is 0 Å². The number of allylic oxidation sites excluding steroid dienone is 2. The summed E-state index contributed by atoms with van der Waals surface area (Å²) >= 11 is 0. The van der Waals surface area contributed by atoms with E-state index in [9.17, 15) is 4.79 Å². The van der Waals surface area contributed by atoms with Crippen LogP contribution in [0.25, 0.3) is 0 Å². The summed E-state index contributed by atoms with van der Waals surface area (Å²) in [6.07, 6.45) is 0. The van der Waals surface area contributed by atoms with Crippen LogP contribution in [-0.2, 0) is 9.53 Å². The van der Waals surface area contributed by atoms with E-state index in [1.54, 1.807) is 7.11 Å². The second-order valence-electron chi connectivity index (χ2n) is 7.59. The molecule has 0 radical (unpaired) electrons. The molecule has 124 valence electrons. The van der Waals surface area contributed by atoms with Gasteiger partial charge in [-0.15, -0.1) is 0 Å². The Bertz CT molecular complexity index is 346. The molecule has 0 aliphatic rings. The van der Waals surface area contributed by atoms with Gasteiger partial charge < -0.3 is 4.74 Å². The van der Waals surface area contributed by atoms with Crippen LogP contribution in [0.1, 0.15) is 62.3 Å². The van der Waals surface area contributed by atoms with Gasteiger partial charge in [0.2, 0.25) is 0 Å². The molecule has 0 amide bonds. The Hall–Kier alpha value is -0.790. The molecule has 0 N–H and O–H groups in total. The van der Waals surface area contributed by atoms with E-state index in [1.807, 2.05) is 6.92 Å². The summed E-state index contributed by atoms with van der Waals surface area (Å²) in [4.78, 5) is 12.9. The zero-order valence-electron chi connectivity index (χ0n) is 15.8. The van der Waals surface area contributed by atoms with Crippen molar-refractivity contribution < 1.29 is 9.53 Å². The Labute approximate surface area is 132 Å². The summed E-state index contributed by atoms with van der Waals surface area (Å²) in [6.45, 7) is 19.3. The maximum atomic E-state index is 12.9. The highest BCUT2D eigenvalue weighted by Crippen LogP contribution is 2.33. The number of rotatable bonds is 8. The zero-order valence-corrected chi connectivity index (χ0v) is 15.8. The zero-order chi connectivity index (χ0) is 16.9. The molecule has 2 heteroatoms. The predicted molar refractivity (Wildman–Crippen MR) is 91.0 cm³/mol.